The Morgan fingerprint density at radius 2 is 1.95 bits per heavy atom. The summed E-state index contributed by atoms with van der Waals surface area (Å²) in [4.78, 5) is 2.47. The normalized spacial score (nSPS) is 28.5. The molecule has 2 atom stereocenters. The van der Waals surface area contributed by atoms with Gasteiger partial charge in [-0.05, 0) is 31.4 Å². The van der Waals surface area contributed by atoms with Crippen molar-refractivity contribution < 1.29 is 5.11 Å². The van der Waals surface area contributed by atoms with Crippen LogP contribution in [0.4, 0.5) is 0 Å². The Hall–Kier alpha value is -0.900. The van der Waals surface area contributed by atoms with Gasteiger partial charge in [0.2, 0.25) is 0 Å². The van der Waals surface area contributed by atoms with Gasteiger partial charge >= 0.3 is 0 Å². The van der Waals surface area contributed by atoms with Gasteiger partial charge < -0.3 is 10.4 Å². The van der Waals surface area contributed by atoms with Crippen molar-refractivity contribution in [2.24, 2.45) is 5.92 Å². The van der Waals surface area contributed by atoms with E-state index in [1.165, 1.54) is 18.4 Å². The Balaban J connectivity index is 1.54. The minimum Gasteiger partial charge on any atom is -0.396 e. The highest BCUT2D eigenvalue weighted by atomic mass is 16.3. The van der Waals surface area contributed by atoms with Gasteiger partial charge in [0.1, 0.15) is 0 Å². The third-order valence-corrected chi connectivity index (χ3v) is 4.33. The van der Waals surface area contributed by atoms with Crippen molar-refractivity contribution in [3.63, 3.8) is 0 Å². The maximum atomic E-state index is 9.61. The van der Waals surface area contributed by atoms with E-state index in [0.717, 1.165) is 32.1 Å². The number of hydrogen-bond acceptors (Lipinski definition) is 3. The molecule has 1 aromatic rings. The summed E-state index contributed by atoms with van der Waals surface area (Å²) in [5.74, 6) is 0.387. The van der Waals surface area contributed by atoms with Crippen LogP contribution in [0.1, 0.15) is 24.8 Å². The molecule has 104 valence electrons. The smallest absolute Gasteiger partial charge is 0.0486 e. The van der Waals surface area contributed by atoms with Gasteiger partial charge in [0, 0.05) is 37.7 Å². The number of nitrogens with zero attached hydrogens (tertiary/aromatic N) is 1. The number of nitrogens with one attached hydrogen (secondary N) is 1. The summed E-state index contributed by atoms with van der Waals surface area (Å²) < 4.78 is 0. The summed E-state index contributed by atoms with van der Waals surface area (Å²) in [6.07, 6.45) is 3.80. The number of aliphatic hydroxyl groups is 1. The molecule has 1 saturated heterocycles. The molecule has 19 heavy (non-hydrogen) atoms. The number of rotatable bonds is 5. The molecule has 1 aliphatic carbocycles. The maximum Gasteiger partial charge on any atom is 0.0486 e. The minimum atomic E-state index is 0.301. The van der Waals surface area contributed by atoms with Gasteiger partial charge in [0.05, 0.1) is 0 Å². The maximum absolute atomic E-state index is 9.61. The molecule has 2 N–H and O–H groups in total. The van der Waals surface area contributed by atoms with Gasteiger partial charge in [-0.3, -0.25) is 4.90 Å². The topological polar surface area (TPSA) is 35.5 Å². The highest BCUT2D eigenvalue weighted by molar-refractivity contribution is 5.14. The zero-order valence-corrected chi connectivity index (χ0v) is 11.5. The van der Waals surface area contributed by atoms with Crippen molar-refractivity contribution in [2.45, 2.75) is 37.9 Å². The Bertz CT molecular complexity index is 391. The fourth-order valence-corrected chi connectivity index (χ4v) is 3.05. The lowest BCUT2D eigenvalue weighted by Gasteiger charge is -2.38. The second-order valence-corrected chi connectivity index (χ2v) is 6.00. The van der Waals surface area contributed by atoms with E-state index in [2.05, 4.69) is 40.5 Å². The molecule has 1 aliphatic heterocycles. The zero-order valence-electron chi connectivity index (χ0n) is 11.5. The lowest BCUT2D eigenvalue weighted by molar-refractivity contribution is 0.0849. The second kappa shape index (κ2) is 6.04. The largest absolute Gasteiger partial charge is 0.396 e. The van der Waals surface area contributed by atoms with Gasteiger partial charge in [0.15, 0.2) is 0 Å². The summed E-state index contributed by atoms with van der Waals surface area (Å²) in [5, 5.41) is 13.3. The van der Waals surface area contributed by atoms with Crippen molar-refractivity contribution >= 4 is 0 Å². The van der Waals surface area contributed by atoms with Crippen LogP contribution in [0.2, 0.25) is 0 Å². The molecule has 0 bridgehead atoms. The first-order chi connectivity index (χ1) is 9.35. The van der Waals surface area contributed by atoms with E-state index < -0.39 is 0 Å². The third kappa shape index (κ3) is 3.56. The average Bonchev–Trinajstić information content (AvgIpc) is 3.26. The van der Waals surface area contributed by atoms with Gasteiger partial charge in [0.25, 0.3) is 0 Å². The summed E-state index contributed by atoms with van der Waals surface area (Å²) in [7, 11) is 0. The molecule has 0 aromatic heterocycles. The molecule has 0 unspecified atom stereocenters. The molecule has 1 aromatic carbocycles. The molecule has 0 radical (unpaired) electrons. The lowest BCUT2D eigenvalue weighted by Crippen LogP contribution is -2.50. The molecule has 2 aliphatic rings. The van der Waals surface area contributed by atoms with E-state index in [9.17, 15) is 5.11 Å². The number of piperidine rings is 1. The van der Waals surface area contributed by atoms with Crippen LogP contribution in [0, 0.1) is 5.92 Å². The van der Waals surface area contributed by atoms with Gasteiger partial charge in [-0.1, -0.05) is 30.3 Å². The van der Waals surface area contributed by atoms with E-state index in [0.29, 0.717) is 18.6 Å². The van der Waals surface area contributed by atoms with Crippen LogP contribution < -0.4 is 5.32 Å². The van der Waals surface area contributed by atoms with Crippen LogP contribution in [0.25, 0.3) is 0 Å². The van der Waals surface area contributed by atoms with Crippen LogP contribution in [0.5, 0.6) is 0 Å². The molecule has 2 fully saturated rings. The first-order valence-electron chi connectivity index (χ1n) is 7.48. The molecule has 3 heteroatoms. The highest BCUT2D eigenvalue weighted by Crippen LogP contribution is 2.25. The number of aliphatic hydroxyl groups excluding tert-OH is 1. The first-order valence-corrected chi connectivity index (χ1v) is 7.48. The molecule has 0 amide bonds. The number of likely N-dealkylation sites (tertiary alicyclic amines) is 1. The summed E-state index contributed by atoms with van der Waals surface area (Å²) in [6, 6.07) is 11.9. The molecule has 3 rings (SSSR count). The van der Waals surface area contributed by atoms with E-state index in [4.69, 9.17) is 0 Å². The van der Waals surface area contributed by atoms with Crippen LogP contribution in [0.15, 0.2) is 30.3 Å². The van der Waals surface area contributed by atoms with E-state index in [1.54, 1.807) is 0 Å². The predicted octanol–water partition coefficient (Wildman–Crippen LogP) is 1.62. The van der Waals surface area contributed by atoms with E-state index in [-0.39, 0.29) is 0 Å². The van der Waals surface area contributed by atoms with Crippen LogP contribution in [-0.4, -0.2) is 41.8 Å². The quantitative estimate of drug-likeness (QED) is 0.844. The Labute approximate surface area is 115 Å². The lowest BCUT2D eigenvalue weighted by atomic mass is 9.92. The Kier molecular flexibility index (Phi) is 4.16. The van der Waals surface area contributed by atoms with Crippen molar-refractivity contribution in [1.29, 1.82) is 0 Å². The SMILES string of the molecule is OC[C@@H]1CN(Cc2ccccc2)CC[C@@H]1NC1CC1. The van der Waals surface area contributed by atoms with E-state index >= 15 is 0 Å². The highest BCUT2D eigenvalue weighted by Gasteiger charge is 2.32. The monoisotopic (exact) mass is 260 g/mol. The van der Waals surface area contributed by atoms with E-state index in [1.807, 2.05) is 0 Å². The van der Waals surface area contributed by atoms with Crippen LogP contribution in [-0.2, 0) is 6.54 Å². The summed E-state index contributed by atoms with van der Waals surface area (Å²) in [5.41, 5.74) is 1.37. The molecular formula is C16H24N2O. The Morgan fingerprint density at radius 1 is 1.16 bits per heavy atom. The Morgan fingerprint density at radius 3 is 2.63 bits per heavy atom. The number of hydrogen-bond donors (Lipinski definition) is 2. The molecule has 0 spiro atoms. The standard InChI is InChI=1S/C16H24N2O/c19-12-14-11-18(10-13-4-2-1-3-5-13)9-8-16(14)17-15-6-7-15/h1-5,14-17,19H,6-12H2/t14-,16-/m0/s1. The van der Waals surface area contributed by atoms with Crippen molar-refractivity contribution in [1.82, 2.24) is 10.2 Å². The van der Waals surface area contributed by atoms with Crippen molar-refractivity contribution in [3.05, 3.63) is 35.9 Å². The fourth-order valence-electron chi connectivity index (χ4n) is 3.05. The van der Waals surface area contributed by atoms with Gasteiger partial charge in [-0.25, -0.2) is 0 Å². The fraction of sp³-hybridized carbons (Fsp3) is 0.625. The summed E-state index contributed by atoms with van der Waals surface area (Å²) in [6.45, 7) is 3.45. The second-order valence-electron chi connectivity index (χ2n) is 6.00. The average molecular weight is 260 g/mol. The van der Waals surface area contributed by atoms with Gasteiger partial charge in [-0.2, -0.15) is 0 Å². The zero-order chi connectivity index (χ0) is 13.1. The predicted molar refractivity (Wildman–Crippen MR) is 76.9 cm³/mol. The minimum absolute atomic E-state index is 0.301. The van der Waals surface area contributed by atoms with Crippen LogP contribution in [0.3, 0.4) is 0 Å². The molecule has 1 heterocycles. The molecule has 1 saturated carbocycles. The summed E-state index contributed by atoms with van der Waals surface area (Å²) >= 11 is 0. The molecule has 3 nitrogen and oxygen atoms in total. The van der Waals surface area contributed by atoms with Gasteiger partial charge in [-0.15, -0.1) is 0 Å². The van der Waals surface area contributed by atoms with Crippen LogP contribution >= 0.6 is 0 Å². The van der Waals surface area contributed by atoms with Crippen molar-refractivity contribution in [2.75, 3.05) is 19.7 Å². The first kappa shape index (κ1) is 13.1. The third-order valence-electron chi connectivity index (χ3n) is 4.33. The van der Waals surface area contributed by atoms with Crippen molar-refractivity contribution in [3.8, 4) is 0 Å². The number of benzene rings is 1. The molecular weight excluding hydrogens is 236 g/mol.